The minimum absolute atomic E-state index is 0.0441. The van der Waals surface area contributed by atoms with E-state index in [9.17, 15) is 14.0 Å². The Labute approximate surface area is 211 Å². The van der Waals surface area contributed by atoms with Crippen LogP contribution in [0.15, 0.2) is 78.9 Å². The summed E-state index contributed by atoms with van der Waals surface area (Å²) in [5.74, 6) is 0.139. The summed E-state index contributed by atoms with van der Waals surface area (Å²) < 4.78 is 13.4. The predicted molar refractivity (Wildman–Crippen MR) is 140 cm³/mol. The fraction of sp³-hybridized carbons (Fsp3) is 0.333. The minimum atomic E-state index is -0.217. The van der Waals surface area contributed by atoms with Crippen molar-refractivity contribution in [2.24, 2.45) is 5.92 Å². The third-order valence-corrected chi connectivity index (χ3v) is 7.26. The number of likely N-dealkylation sites (tertiary alicyclic amines) is 2. The average Bonchev–Trinajstić information content (AvgIpc) is 3.34. The van der Waals surface area contributed by atoms with E-state index in [0.29, 0.717) is 19.0 Å². The summed E-state index contributed by atoms with van der Waals surface area (Å²) in [5.41, 5.74) is 1.92. The molecule has 36 heavy (non-hydrogen) atoms. The molecule has 2 aliphatic heterocycles. The summed E-state index contributed by atoms with van der Waals surface area (Å²) in [6.07, 6.45) is 6.35. The highest BCUT2D eigenvalue weighted by Crippen LogP contribution is 2.22. The van der Waals surface area contributed by atoms with Crippen LogP contribution in [0.5, 0.6) is 0 Å². The molecule has 0 saturated carbocycles. The molecule has 3 aromatic rings. The number of carbonyl (C=O) groups excluding carboxylic acids is 2. The molecule has 2 aliphatic rings. The predicted octanol–water partition coefficient (Wildman–Crippen LogP) is 4.78. The first-order valence-corrected chi connectivity index (χ1v) is 12.8. The third kappa shape index (κ3) is 6.00. The molecule has 2 amide bonds. The van der Waals surface area contributed by atoms with Crippen LogP contribution in [0.2, 0.25) is 0 Å². The van der Waals surface area contributed by atoms with Crippen molar-refractivity contribution in [1.82, 2.24) is 15.1 Å². The molecule has 1 atom stereocenters. The van der Waals surface area contributed by atoms with Crippen molar-refractivity contribution in [3.63, 3.8) is 0 Å². The van der Waals surface area contributed by atoms with Crippen LogP contribution in [-0.2, 0) is 11.3 Å². The van der Waals surface area contributed by atoms with Crippen LogP contribution in [0, 0.1) is 11.7 Å². The molecule has 1 N–H and O–H groups in total. The molecule has 0 radical (unpaired) electrons. The van der Waals surface area contributed by atoms with E-state index in [-0.39, 0.29) is 23.7 Å². The number of amides is 2. The number of hydrogen-bond donors (Lipinski definition) is 1. The van der Waals surface area contributed by atoms with Crippen LogP contribution in [-0.4, -0.2) is 53.8 Å². The van der Waals surface area contributed by atoms with Crippen molar-refractivity contribution in [1.29, 1.82) is 0 Å². The van der Waals surface area contributed by atoms with Crippen molar-refractivity contribution in [3.05, 3.63) is 95.8 Å². The first-order chi connectivity index (χ1) is 17.5. The maximum Gasteiger partial charge on any atom is 0.253 e. The molecule has 5 rings (SSSR count). The molecule has 6 heteroatoms. The lowest BCUT2D eigenvalue weighted by Crippen LogP contribution is -2.38. The fourth-order valence-corrected chi connectivity index (χ4v) is 5.25. The zero-order valence-electron chi connectivity index (χ0n) is 20.4. The number of carbonyl (C=O) groups is 2. The second-order valence-corrected chi connectivity index (χ2v) is 9.91. The zero-order valence-corrected chi connectivity index (χ0v) is 20.4. The van der Waals surface area contributed by atoms with E-state index in [1.165, 1.54) is 11.6 Å². The quantitative estimate of drug-likeness (QED) is 0.512. The van der Waals surface area contributed by atoms with Crippen LogP contribution in [0.25, 0.3) is 10.8 Å². The van der Waals surface area contributed by atoms with Crippen LogP contribution in [0.3, 0.4) is 0 Å². The van der Waals surface area contributed by atoms with Gasteiger partial charge >= 0.3 is 0 Å². The summed E-state index contributed by atoms with van der Waals surface area (Å²) in [5, 5.41) is 5.09. The molecule has 0 bridgehead atoms. The second-order valence-electron chi connectivity index (χ2n) is 9.91. The Morgan fingerprint density at radius 3 is 2.47 bits per heavy atom. The highest BCUT2D eigenvalue weighted by Gasteiger charge is 2.24. The van der Waals surface area contributed by atoms with E-state index in [4.69, 9.17) is 0 Å². The smallest absolute Gasteiger partial charge is 0.253 e. The summed E-state index contributed by atoms with van der Waals surface area (Å²) in [6.45, 7) is 4.00. The highest BCUT2D eigenvalue weighted by molar-refractivity contribution is 5.94. The van der Waals surface area contributed by atoms with Gasteiger partial charge in [0.15, 0.2) is 0 Å². The highest BCUT2D eigenvalue weighted by atomic mass is 19.1. The normalized spacial score (nSPS) is 19.2. The van der Waals surface area contributed by atoms with Gasteiger partial charge in [0, 0.05) is 44.3 Å². The van der Waals surface area contributed by atoms with Gasteiger partial charge in [-0.3, -0.25) is 14.5 Å². The fourth-order valence-electron chi connectivity index (χ4n) is 5.25. The number of halogens is 1. The Morgan fingerprint density at radius 2 is 1.67 bits per heavy atom. The average molecular weight is 486 g/mol. The monoisotopic (exact) mass is 485 g/mol. The second kappa shape index (κ2) is 11.0. The number of fused-ring (bicyclic) bond motifs is 1. The number of benzene rings is 3. The molecule has 5 nitrogen and oxygen atoms in total. The van der Waals surface area contributed by atoms with Gasteiger partial charge in [-0.25, -0.2) is 4.39 Å². The van der Waals surface area contributed by atoms with Crippen molar-refractivity contribution >= 4 is 22.6 Å². The molecular formula is C30H32FN3O2. The van der Waals surface area contributed by atoms with E-state index in [2.05, 4.69) is 22.3 Å². The van der Waals surface area contributed by atoms with E-state index >= 15 is 0 Å². The number of allylic oxidation sites excluding steroid dienone is 1. The Kier molecular flexibility index (Phi) is 7.42. The Morgan fingerprint density at radius 1 is 0.917 bits per heavy atom. The topological polar surface area (TPSA) is 52.7 Å². The molecule has 2 saturated heterocycles. The third-order valence-electron chi connectivity index (χ3n) is 7.26. The first kappa shape index (κ1) is 24.2. The molecule has 2 fully saturated rings. The minimum Gasteiger partial charge on any atom is -0.348 e. The summed E-state index contributed by atoms with van der Waals surface area (Å²) in [6, 6.07) is 20.5. The molecule has 186 valence electrons. The molecule has 2 heterocycles. The summed E-state index contributed by atoms with van der Waals surface area (Å²) >= 11 is 0. The van der Waals surface area contributed by atoms with Gasteiger partial charge in [0.1, 0.15) is 5.82 Å². The van der Waals surface area contributed by atoms with Crippen LogP contribution < -0.4 is 5.32 Å². The van der Waals surface area contributed by atoms with Gasteiger partial charge in [-0.15, -0.1) is 0 Å². The van der Waals surface area contributed by atoms with E-state index < -0.39 is 0 Å². The number of nitrogens with zero attached hydrogens (tertiary/aromatic N) is 2. The van der Waals surface area contributed by atoms with Crippen LogP contribution in [0.1, 0.15) is 35.2 Å². The largest absolute Gasteiger partial charge is 0.348 e. The number of rotatable bonds is 6. The summed E-state index contributed by atoms with van der Waals surface area (Å²) in [7, 11) is 0. The van der Waals surface area contributed by atoms with E-state index in [0.717, 1.165) is 55.2 Å². The molecule has 0 aromatic heterocycles. The molecule has 0 aliphatic carbocycles. The number of nitrogens with one attached hydrogen (secondary N) is 1. The zero-order chi connectivity index (χ0) is 24.9. The van der Waals surface area contributed by atoms with Gasteiger partial charge in [-0.1, -0.05) is 42.5 Å². The van der Waals surface area contributed by atoms with Crippen LogP contribution >= 0.6 is 0 Å². The van der Waals surface area contributed by atoms with Crippen molar-refractivity contribution in [2.45, 2.75) is 31.8 Å². The number of piperidine rings is 1. The Hall–Kier alpha value is -3.51. The first-order valence-electron chi connectivity index (χ1n) is 12.8. The lowest BCUT2D eigenvalue weighted by molar-refractivity contribution is -0.117. The van der Waals surface area contributed by atoms with E-state index in [1.54, 1.807) is 12.1 Å². The standard InChI is InChI=1S/C30H32FN3O2/c31-27-10-9-25-18-23(6-8-26(25)19-27)20-33-15-14-28(21-33)32-29(35)11-7-22-12-16-34(17-13-22)30(36)24-4-2-1-3-5-24/h1-11,18-19,22,28H,12-17,20-21H2,(H,32,35)/b11-7+/t28-/m1/s1. The lowest BCUT2D eigenvalue weighted by Gasteiger charge is -2.30. The Balaban J connectivity index is 1.05. The van der Waals surface area contributed by atoms with Crippen molar-refractivity contribution in [3.8, 4) is 0 Å². The van der Waals surface area contributed by atoms with Gasteiger partial charge < -0.3 is 10.2 Å². The maximum absolute atomic E-state index is 13.4. The summed E-state index contributed by atoms with van der Waals surface area (Å²) in [4.78, 5) is 29.4. The van der Waals surface area contributed by atoms with Gasteiger partial charge in [0.2, 0.25) is 5.91 Å². The molecule has 3 aromatic carbocycles. The lowest BCUT2D eigenvalue weighted by atomic mass is 9.95. The van der Waals surface area contributed by atoms with Gasteiger partial charge in [0.05, 0.1) is 0 Å². The van der Waals surface area contributed by atoms with Crippen molar-refractivity contribution in [2.75, 3.05) is 26.2 Å². The van der Waals surface area contributed by atoms with Crippen LogP contribution in [0.4, 0.5) is 4.39 Å². The maximum atomic E-state index is 13.4. The van der Waals surface area contributed by atoms with Gasteiger partial charge in [-0.05, 0) is 77.9 Å². The van der Waals surface area contributed by atoms with E-state index in [1.807, 2.05) is 53.4 Å². The Bertz CT molecular complexity index is 1250. The van der Waals surface area contributed by atoms with Gasteiger partial charge in [0.25, 0.3) is 5.91 Å². The molecular weight excluding hydrogens is 453 g/mol. The van der Waals surface area contributed by atoms with Crippen molar-refractivity contribution < 1.29 is 14.0 Å². The molecule has 0 spiro atoms. The molecule has 0 unspecified atom stereocenters. The van der Waals surface area contributed by atoms with Gasteiger partial charge in [-0.2, -0.15) is 0 Å². The number of hydrogen-bond acceptors (Lipinski definition) is 3. The SMILES string of the molecule is O=C(/C=C/C1CCN(C(=O)c2ccccc2)CC1)N[C@@H]1CCN(Cc2ccc3cc(F)ccc3c2)C1.